The highest BCUT2D eigenvalue weighted by Gasteiger charge is 2.15. The molecule has 0 aliphatic rings. The Balaban J connectivity index is 2.30. The predicted molar refractivity (Wildman–Crippen MR) is 89.7 cm³/mol. The van der Waals surface area contributed by atoms with Crippen LogP contribution >= 0.6 is 0 Å². The standard InChI is InChI=1S/C19H26N2/c1-6-20-18(19-16(5)8-15(4)12-21-19)11-17-9-13(2)7-14(3)10-17/h7-10,12,18,20H,6,11H2,1-5H3. The van der Waals surface area contributed by atoms with Gasteiger partial charge in [-0.05, 0) is 57.4 Å². The van der Waals surface area contributed by atoms with Crippen LogP contribution in [0.5, 0.6) is 0 Å². The van der Waals surface area contributed by atoms with E-state index in [0.29, 0.717) is 0 Å². The molecule has 1 aromatic heterocycles. The molecule has 2 nitrogen and oxygen atoms in total. The van der Waals surface area contributed by atoms with Crippen LogP contribution in [0.15, 0.2) is 30.5 Å². The lowest BCUT2D eigenvalue weighted by atomic mass is 9.97. The minimum Gasteiger partial charge on any atom is -0.309 e. The van der Waals surface area contributed by atoms with E-state index in [9.17, 15) is 0 Å². The van der Waals surface area contributed by atoms with Crippen LogP contribution < -0.4 is 5.32 Å². The maximum Gasteiger partial charge on any atom is 0.0605 e. The molecule has 21 heavy (non-hydrogen) atoms. The lowest BCUT2D eigenvalue weighted by Gasteiger charge is -2.20. The molecule has 1 atom stereocenters. The molecule has 0 aliphatic carbocycles. The summed E-state index contributed by atoms with van der Waals surface area (Å²) in [6, 6.07) is 9.27. The Labute approximate surface area is 128 Å². The Morgan fingerprint density at radius 3 is 2.19 bits per heavy atom. The molecule has 1 N–H and O–H groups in total. The fourth-order valence-corrected chi connectivity index (χ4v) is 3.03. The number of hydrogen-bond acceptors (Lipinski definition) is 2. The van der Waals surface area contributed by atoms with Gasteiger partial charge >= 0.3 is 0 Å². The van der Waals surface area contributed by atoms with Gasteiger partial charge in [0, 0.05) is 6.20 Å². The third-order valence-electron chi connectivity index (χ3n) is 3.76. The molecule has 1 unspecified atom stereocenters. The van der Waals surface area contributed by atoms with Gasteiger partial charge in [0.2, 0.25) is 0 Å². The summed E-state index contributed by atoms with van der Waals surface area (Å²) in [5, 5.41) is 3.58. The van der Waals surface area contributed by atoms with Crippen molar-refractivity contribution in [2.24, 2.45) is 0 Å². The van der Waals surface area contributed by atoms with Crippen LogP contribution in [0.2, 0.25) is 0 Å². The van der Waals surface area contributed by atoms with Gasteiger partial charge in [0.25, 0.3) is 0 Å². The quantitative estimate of drug-likeness (QED) is 0.888. The third kappa shape index (κ3) is 4.15. The molecule has 0 saturated heterocycles. The normalized spacial score (nSPS) is 12.4. The number of benzene rings is 1. The third-order valence-corrected chi connectivity index (χ3v) is 3.76. The Morgan fingerprint density at radius 2 is 1.62 bits per heavy atom. The number of pyridine rings is 1. The zero-order valence-electron chi connectivity index (χ0n) is 13.8. The number of nitrogens with zero attached hydrogens (tertiary/aromatic N) is 1. The largest absolute Gasteiger partial charge is 0.309 e. The predicted octanol–water partition coefficient (Wildman–Crippen LogP) is 4.21. The summed E-state index contributed by atoms with van der Waals surface area (Å²) in [6.45, 7) is 11.7. The average Bonchev–Trinajstić information content (AvgIpc) is 2.37. The molecule has 2 aromatic rings. The van der Waals surface area contributed by atoms with Crippen molar-refractivity contribution in [3.8, 4) is 0 Å². The summed E-state index contributed by atoms with van der Waals surface area (Å²) >= 11 is 0. The van der Waals surface area contributed by atoms with E-state index in [1.807, 2.05) is 6.20 Å². The van der Waals surface area contributed by atoms with Crippen LogP contribution in [-0.2, 0) is 6.42 Å². The van der Waals surface area contributed by atoms with Crippen LogP contribution in [0.1, 0.15) is 46.5 Å². The van der Waals surface area contributed by atoms with Gasteiger partial charge in [0.15, 0.2) is 0 Å². The van der Waals surface area contributed by atoms with Gasteiger partial charge in [-0.2, -0.15) is 0 Å². The molecule has 0 aliphatic heterocycles. The minimum atomic E-state index is 0.275. The second-order valence-electron chi connectivity index (χ2n) is 6.03. The van der Waals surface area contributed by atoms with Crippen molar-refractivity contribution in [2.45, 2.75) is 47.1 Å². The molecule has 2 rings (SSSR count). The number of hydrogen-bond donors (Lipinski definition) is 1. The number of rotatable bonds is 5. The van der Waals surface area contributed by atoms with E-state index in [1.165, 1.54) is 33.5 Å². The monoisotopic (exact) mass is 282 g/mol. The summed E-state index contributed by atoms with van der Waals surface area (Å²) in [5.74, 6) is 0. The van der Waals surface area contributed by atoms with Crippen molar-refractivity contribution in [3.05, 3.63) is 64.0 Å². The number of likely N-dealkylation sites (N-methyl/N-ethyl adjacent to an activating group) is 1. The van der Waals surface area contributed by atoms with E-state index in [4.69, 9.17) is 0 Å². The molecule has 2 heteroatoms. The van der Waals surface area contributed by atoms with E-state index < -0.39 is 0 Å². The van der Waals surface area contributed by atoms with E-state index in [2.05, 4.69) is 69.2 Å². The van der Waals surface area contributed by atoms with Crippen molar-refractivity contribution in [1.29, 1.82) is 0 Å². The summed E-state index contributed by atoms with van der Waals surface area (Å²) in [7, 11) is 0. The van der Waals surface area contributed by atoms with Crippen LogP contribution in [0.4, 0.5) is 0 Å². The van der Waals surface area contributed by atoms with Gasteiger partial charge < -0.3 is 5.32 Å². The maximum atomic E-state index is 4.68. The average molecular weight is 282 g/mol. The Kier molecular flexibility index (Phi) is 5.13. The lowest BCUT2D eigenvalue weighted by molar-refractivity contribution is 0.533. The van der Waals surface area contributed by atoms with Crippen molar-refractivity contribution in [3.63, 3.8) is 0 Å². The molecular weight excluding hydrogens is 256 g/mol. The second-order valence-corrected chi connectivity index (χ2v) is 6.03. The zero-order chi connectivity index (χ0) is 15.4. The topological polar surface area (TPSA) is 24.9 Å². The van der Waals surface area contributed by atoms with Crippen LogP contribution in [0.3, 0.4) is 0 Å². The van der Waals surface area contributed by atoms with E-state index in [1.54, 1.807) is 0 Å². The van der Waals surface area contributed by atoms with E-state index >= 15 is 0 Å². The highest BCUT2D eigenvalue weighted by Crippen LogP contribution is 2.22. The second kappa shape index (κ2) is 6.86. The fraction of sp³-hybridized carbons (Fsp3) is 0.421. The molecule has 0 bridgehead atoms. The molecule has 0 saturated carbocycles. The maximum absolute atomic E-state index is 4.68. The van der Waals surface area contributed by atoms with Crippen LogP contribution in [-0.4, -0.2) is 11.5 Å². The van der Waals surface area contributed by atoms with Gasteiger partial charge in [-0.25, -0.2) is 0 Å². The first-order valence-corrected chi connectivity index (χ1v) is 7.73. The lowest BCUT2D eigenvalue weighted by Crippen LogP contribution is -2.25. The van der Waals surface area contributed by atoms with Crippen molar-refractivity contribution in [2.75, 3.05) is 6.54 Å². The summed E-state index contributed by atoms with van der Waals surface area (Å²) < 4.78 is 0. The molecule has 0 fully saturated rings. The summed E-state index contributed by atoms with van der Waals surface area (Å²) in [6.07, 6.45) is 2.95. The number of nitrogens with one attached hydrogen (secondary N) is 1. The summed E-state index contributed by atoms with van der Waals surface area (Å²) in [5.41, 5.74) is 7.69. The van der Waals surface area contributed by atoms with Crippen molar-refractivity contribution in [1.82, 2.24) is 10.3 Å². The smallest absolute Gasteiger partial charge is 0.0605 e. The zero-order valence-corrected chi connectivity index (χ0v) is 13.8. The first-order valence-electron chi connectivity index (χ1n) is 7.73. The Hall–Kier alpha value is -1.67. The van der Waals surface area contributed by atoms with Crippen molar-refractivity contribution >= 4 is 0 Å². The molecule has 112 valence electrons. The SMILES string of the molecule is CCNC(Cc1cc(C)cc(C)c1)c1ncc(C)cc1C. The molecule has 0 spiro atoms. The highest BCUT2D eigenvalue weighted by molar-refractivity contribution is 5.32. The van der Waals surface area contributed by atoms with Crippen LogP contribution in [0, 0.1) is 27.7 Å². The molecular formula is C19H26N2. The van der Waals surface area contributed by atoms with Crippen molar-refractivity contribution < 1.29 is 0 Å². The van der Waals surface area contributed by atoms with Gasteiger partial charge in [0.05, 0.1) is 11.7 Å². The van der Waals surface area contributed by atoms with Gasteiger partial charge in [-0.15, -0.1) is 0 Å². The molecule has 0 amide bonds. The Morgan fingerprint density at radius 1 is 0.952 bits per heavy atom. The molecule has 1 aromatic carbocycles. The molecule has 1 heterocycles. The number of aromatic nitrogens is 1. The highest BCUT2D eigenvalue weighted by atomic mass is 14.9. The van der Waals surface area contributed by atoms with Gasteiger partial charge in [-0.3, -0.25) is 4.98 Å². The summed E-state index contributed by atoms with van der Waals surface area (Å²) in [4.78, 5) is 4.68. The Bertz CT molecular complexity index is 597. The molecule has 0 radical (unpaired) electrons. The minimum absolute atomic E-state index is 0.275. The van der Waals surface area contributed by atoms with Crippen LogP contribution in [0.25, 0.3) is 0 Å². The first kappa shape index (κ1) is 15.7. The van der Waals surface area contributed by atoms with E-state index in [-0.39, 0.29) is 6.04 Å². The first-order chi connectivity index (χ1) is 9.99. The number of aryl methyl sites for hydroxylation is 4. The van der Waals surface area contributed by atoms with Gasteiger partial charge in [0.1, 0.15) is 0 Å². The fourth-order valence-electron chi connectivity index (χ4n) is 3.03. The van der Waals surface area contributed by atoms with E-state index in [0.717, 1.165) is 13.0 Å². The van der Waals surface area contributed by atoms with Gasteiger partial charge in [-0.1, -0.05) is 42.3 Å².